The standard InChI is InChI=1S/C16H15BrF2N2O/c1-10-8-11(17)2-5-15(10)21-16(22)6-7-20-12-3-4-13(18)14(19)9-12/h2-5,8-9,20H,6-7H2,1H3,(H,21,22). The van der Waals surface area contributed by atoms with Gasteiger partial charge in [0.05, 0.1) is 0 Å². The van der Waals surface area contributed by atoms with Crippen molar-refractivity contribution in [1.82, 2.24) is 0 Å². The number of aryl methyl sites for hydroxylation is 1. The number of benzene rings is 2. The van der Waals surface area contributed by atoms with Crippen molar-refractivity contribution < 1.29 is 13.6 Å². The SMILES string of the molecule is Cc1cc(Br)ccc1NC(=O)CCNc1ccc(F)c(F)c1. The highest BCUT2D eigenvalue weighted by molar-refractivity contribution is 9.10. The molecular weight excluding hydrogens is 354 g/mol. The molecule has 3 nitrogen and oxygen atoms in total. The van der Waals surface area contributed by atoms with Crippen molar-refractivity contribution in [2.45, 2.75) is 13.3 Å². The van der Waals surface area contributed by atoms with E-state index >= 15 is 0 Å². The van der Waals surface area contributed by atoms with Gasteiger partial charge in [-0.2, -0.15) is 0 Å². The highest BCUT2D eigenvalue weighted by Crippen LogP contribution is 2.20. The van der Waals surface area contributed by atoms with Gasteiger partial charge in [0.2, 0.25) is 5.91 Å². The summed E-state index contributed by atoms with van der Waals surface area (Å²) in [5.41, 5.74) is 2.14. The van der Waals surface area contributed by atoms with Gasteiger partial charge >= 0.3 is 0 Å². The Bertz CT molecular complexity index is 692. The van der Waals surface area contributed by atoms with Crippen LogP contribution >= 0.6 is 15.9 Å². The first-order valence-electron chi connectivity index (χ1n) is 6.70. The normalized spacial score (nSPS) is 10.4. The van der Waals surface area contributed by atoms with Crippen molar-refractivity contribution in [2.24, 2.45) is 0 Å². The molecule has 1 amide bonds. The van der Waals surface area contributed by atoms with Gasteiger partial charge in [0.1, 0.15) is 0 Å². The van der Waals surface area contributed by atoms with E-state index in [0.29, 0.717) is 12.2 Å². The second-order valence-corrected chi connectivity index (χ2v) is 5.73. The summed E-state index contributed by atoms with van der Waals surface area (Å²) in [5.74, 6) is -1.96. The minimum absolute atomic E-state index is 0.152. The number of anilines is 2. The molecule has 0 bridgehead atoms. The number of carbonyl (C=O) groups is 1. The first kappa shape index (κ1) is 16.4. The molecule has 22 heavy (non-hydrogen) atoms. The summed E-state index contributed by atoms with van der Waals surface area (Å²) >= 11 is 3.36. The fourth-order valence-corrected chi connectivity index (χ4v) is 2.38. The number of amides is 1. The number of hydrogen-bond donors (Lipinski definition) is 2. The van der Waals surface area contributed by atoms with Crippen molar-refractivity contribution >= 4 is 33.2 Å². The number of rotatable bonds is 5. The third-order valence-corrected chi connectivity index (χ3v) is 3.56. The minimum Gasteiger partial charge on any atom is -0.384 e. The average Bonchev–Trinajstić information content (AvgIpc) is 2.46. The van der Waals surface area contributed by atoms with E-state index in [1.165, 1.54) is 6.07 Å². The highest BCUT2D eigenvalue weighted by atomic mass is 79.9. The molecule has 2 aromatic rings. The van der Waals surface area contributed by atoms with Crippen molar-refractivity contribution in [2.75, 3.05) is 17.2 Å². The van der Waals surface area contributed by atoms with E-state index < -0.39 is 11.6 Å². The molecule has 0 heterocycles. The molecule has 0 aliphatic rings. The van der Waals surface area contributed by atoms with Crippen LogP contribution in [0.5, 0.6) is 0 Å². The largest absolute Gasteiger partial charge is 0.384 e. The predicted molar refractivity (Wildman–Crippen MR) is 87.0 cm³/mol. The Morgan fingerprint density at radius 1 is 1.14 bits per heavy atom. The fourth-order valence-electron chi connectivity index (χ4n) is 1.91. The van der Waals surface area contributed by atoms with Gasteiger partial charge in [-0.05, 0) is 48.9 Å². The molecule has 0 unspecified atom stereocenters. The summed E-state index contributed by atoms with van der Waals surface area (Å²) in [6, 6.07) is 9.11. The highest BCUT2D eigenvalue weighted by Gasteiger charge is 2.06. The number of carbonyl (C=O) groups excluding carboxylic acids is 1. The Hall–Kier alpha value is -1.95. The van der Waals surface area contributed by atoms with Gasteiger partial charge in [-0.3, -0.25) is 4.79 Å². The molecule has 2 aromatic carbocycles. The van der Waals surface area contributed by atoms with E-state index in [1.54, 1.807) is 0 Å². The lowest BCUT2D eigenvalue weighted by Crippen LogP contribution is -2.16. The third-order valence-electron chi connectivity index (χ3n) is 3.06. The molecule has 0 fully saturated rings. The Morgan fingerprint density at radius 3 is 2.59 bits per heavy atom. The summed E-state index contributed by atoms with van der Waals surface area (Å²) in [5, 5.41) is 5.69. The van der Waals surface area contributed by atoms with Crippen LogP contribution in [-0.4, -0.2) is 12.5 Å². The third kappa shape index (κ3) is 4.53. The molecule has 6 heteroatoms. The first-order valence-corrected chi connectivity index (χ1v) is 7.50. The molecule has 2 N–H and O–H groups in total. The summed E-state index contributed by atoms with van der Waals surface area (Å²) in [7, 11) is 0. The molecular formula is C16H15BrF2N2O. The summed E-state index contributed by atoms with van der Waals surface area (Å²) < 4.78 is 26.8. The quantitative estimate of drug-likeness (QED) is 0.816. The summed E-state index contributed by atoms with van der Waals surface area (Å²) in [6.07, 6.45) is 0.217. The van der Waals surface area contributed by atoms with Crippen LogP contribution in [0.25, 0.3) is 0 Å². The molecule has 0 aromatic heterocycles. The summed E-state index contributed by atoms with van der Waals surface area (Å²) in [6.45, 7) is 2.23. The van der Waals surface area contributed by atoms with Crippen LogP contribution in [-0.2, 0) is 4.79 Å². The Morgan fingerprint density at radius 2 is 1.91 bits per heavy atom. The van der Waals surface area contributed by atoms with E-state index in [9.17, 15) is 13.6 Å². The maximum absolute atomic E-state index is 13.0. The van der Waals surface area contributed by atoms with Crippen LogP contribution in [0.1, 0.15) is 12.0 Å². The maximum atomic E-state index is 13.0. The van der Waals surface area contributed by atoms with Crippen LogP contribution in [0, 0.1) is 18.6 Å². The van der Waals surface area contributed by atoms with E-state index in [2.05, 4.69) is 26.6 Å². The summed E-state index contributed by atoms with van der Waals surface area (Å²) in [4.78, 5) is 11.9. The fraction of sp³-hybridized carbons (Fsp3) is 0.188. The maximum Gasteiger partial charge on any atom is 0.226 e. The topological polar surface area (TPSA) is 41.1 Å². The molecule has 0 saturated carbocycles. The lowest BCUT2D eigenvalue weighted by atomic mass is 10.2. The van der Waals surface area contributed by atoms with E-state index in [4.69, 9.17) is 0 Å². The van der Waals surface area contributed by atoms with Gasteiger partial charge in [-0.1, -0.05) is 15.9 Å². The number of halogens is 3. The molecule has 0 spiro atoms. The zero-order valence-electron chi connectivity index (χ0n) is 11.9. The minimum atomic E-state index is -0.917. The van der Waals surface area contributed by atoms with Crippen LogP contribution in [0.2, 0.25) is 0 Å². The molecule has 0 aliphatic heterocycles. The van der Waals surface area contributed by atoms with Gasteiger partial charge in [-0.15, -0.1) is 0 Å². The van der Waals surface area contributed by atoms with Crippen LogP contribution in [0.3, 0.4) is 0 Å². The van der Waals surface area contributed by atoms with E-state index in [1.807, 2.05) is 25.1 Å². The Balaban J connectivity index is 1.83. The molecule has 0 radical (unpaired) electrons. The van der Waals surface area contributed by atoms with Gasteiger partial charge < -0.3 is 10.6 Å². The number of hydrogen-bond acceptors (Lipinski definition) is 2. The average molecular weight is 369 g/mol. The van der Waals surface area contributed by atoms with Gasteiger partial charge in [0.15, 0.2) is 11.6 Å². The van der Waals surface area contributed by atoms with Crippen molar-refractivity contribution in [3.63, 3.8) is 0 Å². The zero-order chi connectivity index (χ0) is 16.1. The number of nitrogens with one attached hydrogen (secondary N) is 2. The zero-order valence-corrected chi connectivity index (χ0v) is 13.5. The molecule has 0 aliphatic carbocycles. The van der Waals surface area contributed by atoms with Gasteiger partial charge in [-0.25, -0.2) is 8.78 Å². The molecule has 116 valence electrons. The van der Waals surface area contributed by atoms with Gasteiger partial charge in [0.25, 0.3) is 0 Å². The second-order valence-electron chi connectivity index (χ2n) is 4.81. The van der Waals surface area contributed by atoms with Crippen molar-refractivity contribution in [1.29, 1.82) is 0 Å². The lowest BCUT2D eigenvalue weighted by molar-refractivity contribution is -0.115. The molecule has 2 rings (SSSR count). The lowest BCUT2D eigenvalue weighted by Gasteiger charge is -2.10. The monoisotopic (exact) mass is 368 g/mol. The predicted octanol–water partition coefficient (Wildman–Crippen LogP) is 4.48. The second kappa shape index (κ2) is 7.35. The van der Waals surface area contributed by atoms with E-state index in [0.717, 1.165) is 27.9 Å². The molecule has 0 saturated heterocycles. The van der Waals surface area contributed by atoms with Crippen LogP contribution in [0.4, 0.5) is 20.2 Å². The smallest absolute Gasteiger partial charge is 0.226 e. The Labute approximate surface area is 135 Å². The van der Waals surface area contributed by atoms with E-state index in [-0.39, 0.29) is 12.3 Å². The molecule has 0 atom stereocenters. The van der Waals surface area contributed by atoms with Crippen LogP contribution in [0.15, 0.2) is 40.9 Å². The van der Waals surface area contributed by atoms with Crippen molar-refractivity contribution in [3.05, 3.63) is 58.1 Å². The van der Waals surface area contributed by atoms with Gasteiger partial charge in [0, 0.05) is 28.8 Å². The van der Waals surface area contributed by atoms with Crippen LogP contribution < -0.4 is 10.6 Å². The Kier molecular flexibility index (Phi) is 5.49. The van der Waals surface area contributed by atoms with Crippen molar-refractivity contribution in [3.8, 4) is 0 Å². The first-order chi connectivity index (χ1) is 10.5.